The summed E-state index contributed by atoms with van der Waals surface area (Å²) in [6.45, 7) is 3.74. The van der Waals surface area contributed by atoms with Crippen molar-refractivity contribution in [3.05, 3.63) is 134 Å². The Bertz CT molecular complexity index is 2600. The zero-order valence-corrected chi connectivity index (χ0v) is 38.5. The molecular weight excluding hydrogens is 892 g/mol. The Morgan fingerprint density at radius 1 is 0.924 bits per heavy atom. The van der Waals surface area contributed by atoms with Gasteiger partial charge in [-0.3, -0.25) is 23.9 Å². The third-order valence-electron chi connectivity index (χ3n) is 10.8. The number of allylic oxidation sites excluding steroid dienone is 1. The Morgan fingerprint density at radius 3 is 2.35 bits per heavy atom. The molecule has 6 N–H and O–H groups in total. The number of para-hydroxylation sites is 2. The first kappa shape index (κ1) is 48.9. The number of nitrogens with zero attached hydrogens (tertiary/aromatic N) is 4. The Labute approximate surface area is 390 Å². The van der Waals surface area contributed by atoms with Gasteiger partial charge in [-0.1, -0.05) is 48.0 Å². The van der Waals surface area contributed by atoms with E-state index in [-0.39, 0.29) is 67.1 Å². The number of aliphatic imine (C=N–C) groups is 1. The fourth-order valence-corrected chi connectivity index (χ4v) is 8.66. The summed E-state index contributed by atoms with van der Waals surface area (Å²) in [6, 6.07) is 18.6. The predicted molar refractivity (Wildman–Crippen MR) is 250 cm³/mol. The molecular formula is C47H52ClF2N9O6S. The highest BCUT2D eigenvalue weighted by Crippen LogP contribution is 2.39. The van der Waals surface area contributed by atoms with Crippen LogP contribution in [-0.2, 0) is 14.3 Å². The molecule has 0 aliphatic carbocycles. The van der Waals surface area contributed by atoms with Crippen molar-refractivity contribution in [2.24, 2.45) is 10.7 Å². The van der Waals surface area contributed by atoms with Crippen LogP contribution in [-0.4, -0.2) is 90.0 Å². The number of alkyl halides is 2. The van der Waals surface area contributed by atoms with Crippen LogP contribution in [0.25, 0.3) is 5.00 Å². The number of carbonyl (C=O) groups excluding carboxylic acids is 3. The highest BCUT2D eigenvalue weighted by molar-refractivity contribution is 7.15. The lowest BCUT2D eigenvalue weighted by Crippen LogP contribution is -2.39. The van der Waals surface area contributed by atoms with Crippen LogP contribution in [0.4, 0.5) is 8.78 Å². The SMILES string of the molecule is COc1ccccc1C(=N)C=C(N)[C@@H](CCCCNC(=O)CCOCCNC(=O)C[C@@H]1N=C(c2ccc(Cl)cc2)c2c(sc(C)c2C)-n2c(C)nnc21)NC(=O)c1ccccc1OC(F)F. The number of nitrogens with one attached hydrogen (secondary N) is 4. The molecule has 0 spiro atoms. The number of unbranched alkanes of at least 4 members (excludes halogenated alkanes) is 1. The number of hydrogen-bond acceptors (Lipinski definition) is 12. The van der Waals surface area contributed by atoms with Crippen molar-refractivity contribution in [3.8, 4) is 16.5 Å². The number of fused-ring (bicyclic) bond motifs is 3. The summed E-state index contributed by atoms with van der Waals surface area (Å²) in [6.07, 6.45) is 2.85. The molecule has 66 heavy (non-hydrogen) atoms. The van der Waals surface area contributed by atoms with Gasteiger partial charge in [0.1, 0.15) is 28.4 Å². The van der Waals surface area contributed by atoms with Crippen LogP contribution in [0.15, 0.2) is 89.6 Å². The third-order valence-corrected chi connectivity index (χ3v) is 12.2. The highest BCUT2D eigenvalue weighted by Gasteiger charge is 2.32. The Hall–Kier alpha value is -6.50. The molecule has 0 bridgehead atoms. The Kier molecular flexibility index (Phi) is 17.1. The van der Waals surface area contributed by atoms with Crippen LogP contribution in [0.1, 0.15) is 87.3 Å². The predicted octanol–water partition coefficient (Wildman–Crippen LogP) is 7.32. The molecule has 5 aromatic rings. The average molecular weight is 945 g/mol. The van der Waals surface area contributed by atoms with Gasteiger partial charge < -0.3 is 41.3 Å². The maximum absolute atomic E-state index is 13.3. The molecule has 2 atom stereocenters. The van der Waals surface area contributed by atoms with Crippen LogP contribution < -0.4 is 31.2 Å². The summed E-state index contributed by atoms with van der Waals surface area (Å²) in [7, 11) is 1.49. The summed E-state index contributed by atoms with van der Waals surface area (Å²) in [4.78, 5) is 45.6. The summed E-state index contributed by atoms with van der Waals surface area (Å²) in [5.74, 6) is 0.276. The van der Waals surface area contributed by atoms with Gasteiger partial charge in [-0.2, -0.15) is 8.78 Å². The number of carbonyl (C=O) groups is 3. The summed E-state index contributed by atoms with van der Waals surface area (Å²) < 4.78 is 43.8. The summed E-state index contributed by atoms with van der Waals surface area (Å²) in [5.41, 5.74) is 10.7. The Morgan fingerprint density at radius 2 is 1.62 bits per heavy atom. The first-order valence-electron chi connectivity index (χ1n) is 21.3. The number of rotatable bonds is 22. The molecule has 0 saturated heterocycles. The fraction of sp³-hybridized carbons (Fsp3) is 0.340. The lowest BCUT2D eigenvalue weighted by molar-refractivity contribution is -0.123. The zero-order valence-electron chi connectivity index (χ0n) is 37.0. The van der Waals surface area contributed by atoms with E-state index in [4.69, 9.17) is 37.2 Å². The van der Waals surface area contributed by atoms with E-state index in [1.165, 1.54) is 37.5 Å². The van der Waals surface area contributed by atoms with E-state index in [0.29, 0.717) is 53.8 Å². The van der Waals surface area contributed by atoms with Gasteiger partial charge in [0.25, 0.3) is 5.91 Å². The molecule has 2 aromatic heterocycles. The maximum Gasteiger partial charge on any atom is 0.387 e. The number of benzene rings is 3. The van der Waals surface area contributed by atoms with E-state index in [1.807, 2.05) is 35.8 Å². The minimum Gasteiger partial charge on any atom is -0.496 e. The number of aryl methyl sites for hydroxylation is 2. The van der Waals surface area contributed by atoms with E-state index in [1.54, 1.807) is 35.6 Å². The average Bonchev–Trinajstić information content (AvgIpc) is 3.78. The number of ether oxygens (including phenoxy) is 3. The Balaban J connectivity index is 0.961. The summed E-state index contributed by atoms with van der Waals surface area (Å²) in [5, 5.41) is 27.6. The van der Waals surface area contributed by atoms with Crippen molar-refractivity contribution in [2.45, 2.75) is 71.6 Å². The van der Waals surface area contributed by atoms with E-state index in [2.05, 4.69) is 44.7 Å². The largest absolute Gasteiger partial charge is 0.496 e. The molecule has 0 saturated carbocycles. The van der Waals surface area contributed by atoms with E-state index in [0.717, 1.165) is 32.3 Å². The van der Waals surface area contributed by atoms with E-state index in [9.17, 15) is 23.2 Å². The monoisotopic (exact) mass is 943 g/mol. The van der Waals surface area contributed by atoms with Gasteiger partial charge in [0, 0.05) is 51.8 Å². The first-order valence-corrected chi connectivity index (χ1v) is 22.5. The quantitative estimate of drug-likeness (QED) is 0.0348. The van der Waals surface area contributed by atoms with Crippen LogP contribution in [0.5, 0.6) is 11.5 Å². The number of amides is 3. The van der Waals surface area contributed by atoms with Gasteiger partial charge in [-0.25, -0.2) is 0 Å². The number of aromatic nitrogens is 3. The molecule has 0 fully saturated rings. The second-order valence-corrected chi connectivity index (χ2v) is 17.0. The standard InChI is InChI=1S/C47H52ClF2N9O6S/c1-27-28(2)66-46-42(27)43(30-16-18-31(48)19-17-30)55-37(44-58-57-29(3)59(44)46)26-41(61)54-22-24-64-23-20-40(60)53-21-10-9-13-36(35(52)25-34(51)32-11-5-7-14-38(32)63-4)56-45(62)33-12-6-8-15-39(33)65-47(49)50/h5-8,11-12,14-19,25,36-37,47,51H,9-10,13,20-24,26,52H2,1-4H3,(H,53,60)(H,54,61)(H,56,62)/t36-,37+/m1/s1. The van der Waals surface area contributed by atoms with E-state index < -0.39 is 24.6 Å². The highest BCUT2D eigenvalue weighted by atomic mass is 35.5. The molecule has 6 rings (SSSR count). The second kappa shape index (κ2) is 23.1. The van der Waals surface area contributed by atoms with Crippen molar-refractivity contribution < 1.29 is 37.4 Å². The number of hydrogen-bond donors (Lipinski definition) is 5. The lowest BCUT2D eigenvalue weighted by atomic mass is 9.99. The van der Waals surface area contributed by atoms with Crippen LogP contribution in [0.2, 0.25) is 5.02 Å². The van der Waals surface area contributed by atoms with Crippen LogP contribution in [0.3, 0.4) is 0 Å². The molecule has 348 valence electrons. The topological polar surface area (TPSA) is 208 Å². The van der Waals surface area contributed by atoms with Crippen LogP contribution >= 0.6 is 22.9 Å². The molecule has 1 aliphatic rings. The maximum atomic E-state index is 13.3. The van der Waals surface area contributed by atoms with Crippen molar-refractivity contribution in [1.82, 2.24) is 30.7 Å². The van der Waals surface area contributed by atoms with Gasteiger partial charge in [0.15, 0.2) is 5.82 Å². The lowest BCUT2D eigenvalue weighted by Gasteiger charge is -2.21. The smallest absolute Gasteiger partial charge is 0.387 e. The van der Waals surface area contributed by atoms with Gasteiger partial charge >= 0.3 is 6.61 Å². The first-order chi connectivity index (χ1) is 31.7. The van der Waals surface area contributed by atoms with Crippen molar-refractivity contribution >= 4 is 52.1 Å². The zero-order chi connectivity index (χ0) is 47.3. The van der Waals surface area contributed by atoms with Gasteiger partial charge in [0.2, 0.25) is 11.8 Å². The van der Waals surface area contributed by atoms with Crippen LogP contribution in [0, 0.1) is 26.2 Å². The molecule has 3 heterocycles. The number of methoxy groups -OCH3 is 1. The minimum absolute atomic E-state index is 0.0252. The molecule has 3 aromatic carbocycles. The normalized spacial score (nSPS) is 13.8. The van der Waals surface area contributed by atoms with Crippen molar-refractivity contribution in [1.29, 1.82) is 5.41 Å². The summed E-state index contributed by atoms with van der Waals surface area (Å²) >= 11 is 7.86. The van der Waals surface area contributed by atoms with E-state index >= 15 is 0 Å². The molecule has 1 aliphatic heterocycles. The fourth-order valence-electron chi connectivity index (χ4n) is 7.32. The number of nitrogens with two attached hydrogens (primary N) is 1. The van der Waals surface area contributed by atoms with Crippen molar-refractivity contribution in [3.63, 3.8) is 0 Å². The van der Waals surface area contributed by atoms with Gasteiger partial charge in [-0.15, -0.1) is 21.5 Å². The van der Waals surface area contributed by atoms with Gasteiger partial charge in [-0.05, 0) is 88.1 Å². The molecule has 15 nitrogen and oxygen atoms in total. The second-order valence-electron chi connectivity index (χ2n) is 15.3. The van der Waals surface area contributed by atoms with Gasteiger partial charge in [0.05, 0.1) is 49.8 Å². The number of thiophene rings is 1. The molecule has 0 unspecified atom stereocenters. The minimum atomic E-state index is -3.13. The molecule has 0 radical (unpaired) electrons. The number of halogens is 3. The molecule has 19 heteroatoms. The third kappa shape index (κ3) is 12.4. The molecule has 3 amide bonds. The van der Waals surface area contributed by atoms with Crippen molar-refractivity contribution in [2.75, 3.05) is 33.4 Å².